The number of aryl methyl sites for hydroxylation is 2. The Balaban J connectivity index is 1.79. The second kappa shape index (κ2) is 8.19. The monoisotopic (exact) mass is 404 g/mol. The molecule has 0 radical (unpaired) electrons. The van der Waals surface area contributed by atoms with E-state index in [-0.39, 0.29) is 5.91 Å². The molecule has 1 heterocycles. The lowest BCUT2D eigenvalue weighted by molar-refractivity contribution is -0.115. The summed E-state index contributed by atoms with van der Waals surface area (Å²) in [7, 11) is 0. The van der Waals surface area contributed by atoms with Crippen molar-refractivity contribution in [2.75, 3.05) is 4.90 Å². The van der Waals surface area contributed by atoms with Crippen molar-refractivity contribution in [2.24, 2.45) is 0 Å². The van der Waals surface area contributed by atoms with Crippen molar-refractivity contribution in [1.82, 2.24) is 4.98 Å². The van der Waals surface area contributed by atoms with Crippen LogP contribution in [-0.4, -0.2) is 10.9 Å². The summed E-state index contributed by atoms with van der Waals surface area (Å²) in [5.74, 6) is -1.34. The van der Waals surface area contributed by atoms with E-state index >= 15 is 0 Å². The molecule has 140 valence electrons. The summed E-state index contributed by atoms with van der Waals surface area (Å²) in [6.07, 6.45) is 0. The maximum atomic E-state index is 13.3. The molecule has 7 heteroatoms. The molecule has 3 rings (SSSR count). The highest BCUT2D eigenvalue weighted by atomic mass is 32.2. The van der Waals surface area contributed by atoms with Gasteiger partial charge in [-0.2, -0.15) is 0 Å². The van der Waals surface area contributed by atoms with E-state index in [1.54, 1.807) is 4.90 Å². The highest BCUT2D eigenvalue weighted by Gasteiger charge is 2.19. The molecule has 1 amide bonds. The number of thiazole rings is 1. The van der Waals surface area contributed by atoms with Gasteiger partial charge in [0.05, 0.1) is 11.4 Å². The predicted molar refractivity (Wildman–Crippen MR) is 107 cm³/mol. The first-order valence-corrected chi connectivity index (χ1v) is 10.1. The topological polar surface area (TPSA) is 33.2 Å². The molecule has 0 unspecified atom stereocenters. The van der Waals surface area contributed by atoms with E-state index in [0.717, 1.165) is 28.6 Å². The standard InChI is InChI=1S/C20H18F2N2OS2/c1-12-4-7-19(13(2)8-12)24(14(3)25)20-23-15(11-27-20)10-26-16-5-6-17(21)18(22)9-16/h4-9,11H,10H2,1-3H3. The Hall–Kier alpha value is -2.25. The van der Waals surface area contributed by atoms with E-state index in [1.165, 1.54) is 42.2 Å². The molecule has 27 heavy (non-hydrogen) atoms. The van der Waals surface area contributed by atoms with Gasteiger partial charge in [0.2, 0.25) is 5.91 Å². The molecule has 0 fully saturated rings. The summed E-state index contributed by atoms with van der Waals surface area (Å²) in [5.41, 5.74) is 3.71. The Bertz CT molecular complexity index is 988. The molecule has 0 aliphatic heterocycles. The zero-order chi connectivity index (χ0) is 19.6. The maximum Gasteiger partial charge on any atom is 0.230 e. The third-order valence-corrected chi connectivity index (χ3v) is 5.82. The molecule has 0 bridgehead atoms. The van der Waals surface area contributed by atoms with Gasteiger partial charge in [-0.25, -0.2) is 13.8 Å². The molecule has 0 saturated heterocycles. The van der Waals surface area contributed by atoms with Crippen molar-refractivity contribution in [3.05, 3.63) is 70.2 Å². The molecule has 1 aromatic heterocycles. The average Bonchev–Trinajstić information content (AvgIpc) is 3.06. The van der Waals surface area contributed by atoms with Gasteiger partial charge in [-0.3, -0.25) is 9.69 Å². The van der Waals surface area contributed by atoms with Crippen LogP contribution in [0.5, 0.6) is 0 Å². The van der Waals surface area contributed by atoms with Crippen LogP contribution in [0.1, 0.15) is 23.7 Å². The molecule has 0 N–H and O–H groups in total. The quantitative estimate of drug-likeness (QED) is 0.488. The van der Waals surface area contributed by atoms with Crippen molar-refractivity contribution in [1.29, 1.82) is 0 Å². The maximum absolute atomic E-state index is 13.3. The zero-order valence-corrected chi connectivity index (χ0v) is 16.8. The summed E-state index contributed by atoms with van der Waals surface area (Å²) in [5, 5.41) is 2.47. The van der Waals surface area contributed by atoms with Crippen molar-refractivity contribution in [2.45, 2.75) is 31.4 Å². The van der Waals surface area contributed by atoms with E-state index in [9.17, 15) is 13.6 Å². The number of thioether (sulfide) groups is 1. The van der Waals surface area contributed by atoms with Crippen molar-refractivity contribution < 1.29 is 13.6 Å². The number of rotatable bonds is 5. The van der Waals surface area contributed by atoms with Gasteiger partial charge in [-0.15, -0.1) is 23.1 Å². The minimum Gasteiger partial charge on any atom is -0.274 e. The Kier molecular flexibility index (Phi) is 5.92. The van der Waals surface area contributed by atoms with Gasteiger partial charge in [0.25, 0.3) is 0 Å². The Labute approximate surface area is 165 Å². The van der Waals surface area contributed by atoms with Crippen LogP contribution in [0.15, 0.2) is 46.7 Å². The van der Waals surface area contributed by atoms with Gasteiger partial charge < -0.3 is 0 Å². The molecule has 0 aliphatic carbocycles. The van der Waals surface area contributed by atoms with Crippen LogP contribution in [-0.2, 0) is 10.5 Å². The van der Waals surface area contributed by atoms with Gasteiger partial charge in [0.1, 0.15) is 0 Å². The smallest absolute Gasteiger partial charge is 0.230 e. The van der Waals surface area contributed by atoms with Gasteiger partial charge in [-0.1, -0.05) is 17.7 Å². The van der Waals surface area contributed by atoms with E-state index in [0.29, 0.717) is 15.8 Å². The molecule has 3 aromatic rings. The van der Waals surface area contributed by atoms with Crippen molar-refractivity contribution in [3.8, 4) is 0 Å². The minimum absolute atomic E-state index is 0.115. The second-order valence-corrected chi connectivity index (χ2v) is 8.02. The van der Waals surface area contributed by atoms with E-state index in [4.69, 9.17) is 0 Å². The lowest BCUT2D eigenvalue weighted by atomic mass is 10.1. The van der Waals surface area contributed by atoms with Gasteiger partial charge in [-0.05, 0) is 43.7 Å². The van der Waals surface area contributed by atoms with E-state index < -0.39 is 11.6 Å². The van der Waals surface area contributed by atoms with Crippen LogP contribution in [0.3, 0.4) is 0 Å². The average molecular weight is 405 g/mol. The minimum atomic E-state index is -0.864. The number of carbonyl (C=O) groups excluding carboxylic acids is 1. The fourth-order valence-corrected chi connectivity index (χ4v) is 4.45. The number of carbonyl (C=O) groups is 1. The fraction of sp³-hybridized carbons (Fsp3) is 0.200. The fourth-order valence-electron chi connectivity index (χ4n) is 2.65. The van der Waals surface area contributed by atoms with Gasteiger partial charge in [0.15, 0.2) is 16.8 Å². The Morgan fingerprint density at radius 2 is 1.93 bits per heavy atom. The molecular formula is C20H18F2N2OS2. The molecule has 2 aromatic carbocycles. The molecule has 3 nitrogen and oxygen atoms in total. The van der Waals surface area contributed by atoms with Crippen LogP contribution in [0.2, 0.25) is 0 Å². The van der Waals surface area contributed by atoms with E-state index in [1.807, 2.05) is 37.4 Å². The van der Waals surface area contributed by atoms with Crippen LogP contribution in [0, 0.1) is 25.5 Å². The lowest BCUT2D eigenvalue weighted by Gasteiger charge is -2.20. The molecule has 0 aliphatic rings. The number of amides is 1. The number of benzene rings is 2. The predicted octanol–water partition coefficient (Wildman–Crippen LogP) is 6.02. The summed E-state index contributed by atoms with van der Waals surface area (Å²) >= 11 is 2.75. The highest BCUT2D eigenvalue weighted by molar-refractivity contribution is 7.98. The van der Waals surface area contributed by atoms with Crippen LogP contribution < -0.4 is 4.90 Å². The Morgan fingerprint density at radius 1 is 1.15 bits per heavy atom. The first-order valence-electron chi connectivity index (χ1n) is 8.25. The number of halogens is 2. The van der Waals surface area contributed by atoms with Crippen LogP contribution in [0.4, 0.5) is 19.6 Å². The third kappa shape index (κ3) is 4.54. The SMILES string of the molecule is CC(=O)N(c1nc(CSc2ccc(F)c(F)c2)cs1)c1ccc(C)cc1C. The second-order valence-electron chi connectivity index (χ2n) is 6.13. The summed E-state index contributed by atoms with van der Waals surface area (Å²) in [4.78, 5) is 19.0. The molecule has 0 spiro atoms. The van der Waals surface area contributed by atoms with Gasteiger partial charge >= 0.3 is 0 Å². The number of hydrogen-bond donors (Lipinski definition) is 0. The largest absolute Gasteiger partial charge is 0.274 e. The van der Waals surface area contributed by atoms with E-state index in [2.05, 4.69) is 4.98 Å². The van der Waals surface area contributed by atoms with Crippen molar-refractivity contribution >= 4 is 39.8 Å². The Morgan fingerprint density at radius 3 is 2.59 bits per heavy atom. The van der Waals surface area contributed by atoms with Crippen molar-refractivity contribution in [3.63, 3.8) is 0 Å². The first-order chi connectivity index (χ1) is 12.8. The lowest BCUT2D eigenvalue weighted by Crippen LogP contribution is -2.23. The summed E-state index contributed by atoms with van der Waals surface area (Å²) in [6.45, 7) is 5.48. The number of nitrogens with zero attached hydrogens (tertiary/aromatic N) is 2. The van der Waals surface area contributed by atoms with Crippen LogP contribution in [0.25, 0.3) is 0 Å². The summed E-state index contributed by atoms with van der Waals surface area (Å²) < 4.78 is 26.3. The first kappa shape index (κ1) is 19.5. The van der Waals surface area contributed by atoms with Crippen LogP contribution >= 0.6 is 23.1 Å². The van der Waals surface area contributed by atoms with Gasteiger partial charge in [0, 0.05) is 23.0 Å². The molecule has 0 atom stereocenters. The zero-order valence-electron chi connectivity index (χ0n) is 15.1. The molecule has 0 saturated carbocycles. The number of aromatic nitrogens is 1. The third-order valence-electron chi connectivity index (χ3n) is 3.92. The highest BCUT2D eigenvalue weighted by Crippen LogP contribution is 2.33. The number of hydrogen-bond acceptors (Lipinski definition) is 4. The molecular weight excluding hydrogens is 386 g/mol. The number of anilines is 2. The normalized spacial score (nSPS) is 10.9. The summed E-state index contributed by atoms with van der Waals surface area (Å²) in [6, 6.07) is 9.73.